The minimum atomic E-state index is -3.21. The van der Waals surface area contributed by atoms with Gasteiger partial charge < -0.3 is 10.6 Å². The molecule has 0 bridgehead atoms. The van der Waals surface area contributed by atoms with E-state index in [2.05, 4.69) is 6.92 Å². The molecule has 2 aliphatic heterocycles. The van der Waals surface area contributed by atoms with Crippen molar-refractivity contribution in [2.24, 2.45) is 11.7 Å². The van der Waals surface area contributed by atoms with Gasteiger partial charge in [0.05, 0.1) is 11.4 Å². The minimum absolute atomic E-state index is 0.00400. The fourth-order valence-corrected chi connectivity index (χ4v) is 5.43. The number of likely N-dealkylation sites (tertiary alicyclic amines) is 1. The number of aryl methyl sites for hydroxylation is 1. The maximum atomic E-state index is 13.0. The number of rotatable bonds is 3. The van der Waals surface area contributed by atoms with Gasteiger partial charge >= 0.3 is 0 Å². The Morgan fingerprint density at radius 3 is 2.68 bits per heavy atom. The molecule has 0 aliphatic carbocycles. The second-order valence-electron chi connectivity index (χ2n) is 7.26. The normalized spacial score (nSPS) is 26.0. The van der Waals surface area contributed by atoms with Gasteiger partial charge in [0.1, 0.15) is 0 Å². The average Bonchev–Trinajstić information content (AvgIpc) is 2.93. The van der Waals surface area contributed by atoms with Crippen molar-refractivity contribution in [1.29, 1.82) is 0 Å². The summed E-state index contributed by atoms with van der Waals surface area (Å²) in [6.07, 6.45) is 2.57. The van der Waals surface area contributed by atoms with Gasteiger partial charge in [-0.05, 0) is 55.9 Å². The minimum Gasteiger partial charge on any atom is -0.334 e. The smallest absolute Gasteiger partial charge is 0.254 e. The highest BCUT2D eigenvalue weighted by molar-refractivity contribution is 7.93. The molecule has 2 fully saturated rings. The van der Waals surface area contributed by atoms with Gasteiger partial charge in [-0.25, -0.2) is 8.42 Å². The van der Waals surface area contributed by atoms with E-state index in [0.29, 0.717) is 36.7 Å². The Kier molecular flexibility index (Phi) is 5.06. The van der Waals surface area contributed by atoms with Crippen molar-refractivity contribution in [1.82, 2.24) is 4.90 Å². The number of hydrogen-bond acceptors (Lipinski definition) is 4. The first kappa shape index (κ1) is 18.2. The lowest BCUT2D eigenvalue weighted by atomic mass is 9.91. The van der Waals surface area contributed by atoms with Crippen LogP contribution in [-0.4, -0.2) is 50.7 Å². The summed E-state index contributed by atoms with van der Waals surface area (Å²) < 4.78 is 25.6. The molecule has 25 heavy (non-hydrogen) atoms. The van der Waals surface area contributed by atoms with Crippen LogP contribution in [0.5, 0.6) is 0 Å². The number of carbonyl (C=O) groups is 1. The monoisotopic (exact) mass is 365 g/mol. The van der Waals surface area contributed by atoms with E-state index in [0.717, 1.165) is 24.9 Å². The van der Waals surface area contributed by atoms with Gasteiger partial charge in [0.15, 0.2) is 0 Å². The molecule has 1 amide bonds. The number of sulfonamides is 1. The zero-order chi connectivity index (χ0) is 18.2. The van der Waals surface area contributed by atoms with Gasteiger partial charge in [0.25, 0.3) is 5.91 Å². The molecule has 138 valence electrons. The molecule has 1 aromatic rings. The zero-order valence-electron chi connectivity index (χ0n) is 14.9. The first-order chi connectivity index (χ1) is 11.8. The van der Waals surface area contributed by atoms with Crippen molar-refractivity contribution >= 4 is 21.6 Å². The molecule has 0 radical (unpaired) electrons. The average molecular weight is 365 g/mol. The molecule has 2 saturated heterocycles. The highest BCUT2D eigenvalue weighted by Gasteiger charge is 2.31. The lowest BCUT2D eigenvalue weighted by Gasteiger charge is -2.38. The molecular formula is C18H27N3O3S. The second-order valence-corrected chi connectivity index (χ2v) is 9.27. The van der Waals surface area contributed by atoms with E-state index in [-0.39, 0.29) is 17.7 Å². The largest absolute Gasteiger partial charge is 0.334 e. The predicted molar refractivity (Wildman–Crippen MR) is 99.2 cm³/mol. The Bertz CT molecular complexity index is 763. The number of amides is 1. The molecular weight excluding hydrogens is 338 g/mol. The molecule has 2 atom stereocenters. The van der Waals surface area contributed by atoms with Crippen LogP contribution in [0.1, 0.15) is 42.1 Å². The number of nitrogens with two attached hydrogens (primary N) is 1. The van der Waals surface area contributed by atoms with Gasteiger partial charge in [-0.3, -0.25) is 9.10 Å². The number of piperidine rings is 1. The summed E-state index contributed by atoms with van der Waals surface area (Å²) in [5.74, 6) is 0.772. The Hall–Kier alpha value is -1.60. The van der Waals surface area contributed by atoms with Crippen molar-refractivity contribution in [3.8, 4) is 0 Å². The van der Waals surface area contributed by atoms with Crippen LogP contribution >= 0.6 is 0 Å². The van der Waals surface area contributed by atoms with Crippen LogP contribution in [0.25, 0.3) is 0 Å². The molecule has 0 aromatic heterocycles. The molecule has 2 unspecified atom stereocenters. The molecule has 3 rings (SSSR count). The quantitative estimate of drug-likeness (QED) is 0.884. The van der Waals surface area contributed by atoms with Gasteiger partial charge in [-0.2, -0.15) is 0 Å². The van der Waals surface area contributed by atoms with Crippen LogP contribution in [0.15, 0.2) is 18.2 Å². The topological polar surface area (TPSA) is 83.7 Å². The van der Waals surface area contributed by atoms with Crippen LogP contribution in [0.2, 0.25) is 0 Å². The molecule has 1 aromatic carbocycles. The molecule has 0 spiro atoms. The Morgan fingerprint density at radius 2 is 2.08 bits per heavy atom. The van der Waals surface area contributed by atoms with Crippen LogP contribution in [-0.2, 0) is 10.0 Å². The van der Waals surface area contributed by atoms with Crippen LogP contribution in [0, 0.1) is 12.8 Å². The SMILES string of the molecule is Cc1cc(N2CCCS2(=O)=O)ccc1C(=O)N1CCC(C)CC1CN. The Morgan fingerprint density at radius 1 is 1.32 bits per heavy atom. The van der Waals surface area contributed by atoms with Crippen molar-refractivity contribution in [3.05, 3.63) is 29.3 Å². The summed E-state index contributed by atoms with van der Waals surface area (Å²) in [5.41, 5.74) is 7.96. The maximum absolute atomic E-state index is 13.0. The van der Waals surface area contributed by atoms with E-state index in [4.69, 9.17) is 5.73 Å². The first-order valence-electron chi connectivity index (χ1n) is 8.95. The summed E-state index contributed by atoms with van der Waals surface area (Å²) in [6, 6.07) is 5.38. The van der Waals surface area contributed by atoms with Gasteiger partial charge in [0, 0.05) is 31.2 Å². The summed E-state index contributed by atoms with van der Waals surface area (Å²) >= 11 is 0. The number of anilines is 1. The lowest BCUT2D eigenvalue weighted by molar-refractivity contribution is 0.0573. The third-order valence-electron chi connectivity index (χ3n) is 5.34. The Labute approximate surface area is 150 Å². The standard InChI is InChI=1S/C18H27N3O3S/c1-13-6-8-20(16(10-13)12-19)18(22)17-5-4-15(11-14(17)2)21-7-3-9-25(21,23)24/h4-5,11,13,16H,3,6-10,12,19H2,1-2H3. The van der Waals surface area contributed by atoms with Crippen LogP contribution < -0.4 is 10.0 Å². The summed E-state index contributed by atoms with van der Waals surface area (Å²) in [5, 5.41) is 0. The van der Waals surface area contributed by atoms with Crippen LogP contribution in [0.3, 0.4) is 0 Å². The predicted octanol–water partition coefficient (Wildman–Crippen LogP) is 1.73. The van der Waals surface area contributed by atoms with E-state index in [1.807, 2.05) is 11.8 Å². The summed E-state index contributed by atoms with van der Waals surface area (Å²) in [7, 11) is -3.21. The highest BCUT2D eigenvalue weighted by atomic mass is 32.2. The van der Waals surface area contributed by atoms with Crippen molar-refractivity contribution in [2.45, 2.75) is 39.2 Å². The van der Waals surface area contributed by atoms with Crippen molar-refractivity contribution in [2.75, 3.05) is 29.7 Å². The summed E-state index contributed by atoms with van der Waals surface area (Å²) in [4.78, 5) is 14.9. The van der Waals surface area contributed by atoms with Crippen molar-refractivity contribution in [3.63, 3.8) is 0 Å². The van der Waals surface area contributed by atoms with E-state index < -0.39 is 10.0 Å². The zero-order valence-corrected chi connectivity index (χ0v) is 15.8. The first-order valence-corrected chi connectivity index (χ1v) is 10.6. The third-order valence-corrected chi connectivity index (χ3v) is 7.21. The number of carbonyl (C=O) groups excluding carboxylic acids is 1. The molecule has 2 aliphatic rings. The Balaban J connectivity index is 1.84. The van der Waals surface area contributed by atoms with E-state index >= 15 is 0 Å². The van der Waals surface area contributed by atoms with Gasteiger partial charge in [-0.1, -0.05) is 6.92 Å². The van der Waals surface area contributed by atoms with E-state index in [1.54, 1.807) is 18.2 Å². The lowest BCUT2D eigenvalue weighted by Crippen LogP contribution is -2.49. The molecule has 7 heteroatoms. The number of benzene rings is 1. The highest BCUT2D eigenvalue weighted by Crippen LogP contribution is 2.28. The summed E-state index contributed by atoms with van der Waals surface area (Å²) in [6.45, 7) is 5.77. The van der Waals surface area contributed by atoms with E-state index in [9.17, 15) is 13.2 Å². The van der Waals surface area contributed by atoms with Gasteiger partial charge in [0.2, 0.25) is 10.0 Å². The van der Waals surface area contributed by atoms with Crippen molar-refractivity contribution < 1.29 is 13.2 Å². The number of nitrogens with zero attached hydrogens (tertiary/aromatic N) is 2. The third kappa shape index (κ3) is 3.53. The fraction of sp³-hybridized carbons (Fsp3) is 0.611. The van der Waals surface area contributed by atoms with E-state index in [1.165, 1.54) is 4.31 Å². The second kappa shape index (κ2) is 6.96. The molecule has 6 nitrogen and oxygen atoms in total. The van der Waals surface area contributed by atoms with Gasteiger partial charge in [-0.15, -0.1) is 0 Å². The maximum Gasteiger partial charge on any atom is 0.254 e. The molecule has 2 heterocycles. The molecule has 0 saturated carbocycles. The van der Waals surface area contributed by atoms with Crippen LogP contribution in [0.4, 0.5) is 5.69 Å². The molecule has 2 N–H and O–H groups in total. The number of hydrogen-bond donors (Lipinski definition) is 1. The fourth-order valence-electron chi connectivity index (χ4n) is 3.87.